The quantitative estimate of drug-likeness (QED) is 0.0543. The van der Waals surface area contributed by atoms with Crippen LogP contribution in [0.1, 0.15) is 37.1 Å². The second kappa shape index (κ2) is 11.7. The number of rotatable bonds is 14. The largest absolute Gasteiger partial charge is 0.478 e. The van der Waals surface area contributed by atoms with E-state index in [1.54, 1.807) is 0 Å². The number of aromatic nitrogens is 4. The van der Waals surface area contributed by atoms with Crippen LogP contribution >= 0.6 is 11.3 Å². The molecule has 8 N–H and O–H groups in total. The summed E-state index contributed by atoms with van der Waals surface area (Å²) in [5.74, 6) is -3.75. The number of aliphatic carboxylic acids is 1. The number of nitrogens with two attached hydrogens (primary N) is 2. The van der Waals surface area contributed by atoms with Crippen LogP contribution in [0.15, 0.2) is 16.7 Å². The van der Waals surface area contributed by atoms with E-state index in [9.17, 15) is 37.3 Å². The van der Waals surface area contributed by atoms with Crippen molar-refractivity contribution in [2.24, 2.45) is 10.9 Å². The molecule has 1 saturated heterocycles. The molecule has 0 radical (unpaired) electrons. The van der Waals surface area contributed by atoms with E-state index in [2.05, 4.69) is 31.0 Å². The molecule has 2 fully saturated rings. The molecule has 1 aliphatic heterocycles. The Morgan fingerprint density at radius 2 is 2.05 bits per heavy atom. The fourth-order valence-corrected chi connectivity index (χ4v) is 5.17. The number of carbonyl (C=O) groups excluding carboxylic acids is 3. The molecule has 3 heterocycles. The molecule has 1 saturated carbocycles. The Labute approximate surface area is 235 Å². The summed E-state index contributed by atoms with van der Waals surface area (Å²) >= 11 is 0.957. The van der Waals surface area contributed by atoms with Gasteiger partial charge in [0.1, 0.15) is 23.5 Å². The number of carbonyl (C=O) groups is 4. The number of carboxylic acid groups (broad SMARTS) is 1. The summed E-state index contributed by atoms with van der Waals surface area (Å²) < 4.78 is 33.5. The van der Waals surface area contributed by atoms with Gasteiger partial charge in [0.2, 0.25) is 11.5 Å². The molecule has 222 valence electrons. The predicted octanol–water partition coefficient (Wildman–Crippen LogP) is -2.79. The number of hydrogen-bond donors (Lipinski definition) is 6. The molecule has 0 unspecified atom stereocenters. The lowest BCUT2D eigenvalue weighted by atomic mass is 9.98. The van der Waals surface area contributed by atoms with E-state index < -0.39 is 51.5 Å². The maximum Gasteiger partial charge on any atom is 0.362 e. The van der Waals surface area contributed by atoms with Crippen LogP contribution in [0.2, 0.25) is 0 Å². The van der Waals surface area contributed by atoms with Gasteiger partial charge >= 0.3 is 16.3 Å². The van der Waals surface area contributed by atoms with Gasteiger partial charge in [0.25, 0.3) is 11.8 Å². The minimum Gasteiger partial charge on any atom is -0.478 e. The Balaban J connectivity index is 1.50. The molecule has 0 aromatic carbocycles. The Morgan fingerprint density at radius 3 is 2.63 bits per heavy atom. The van der Waals surface area contributed by atoms with Crippen molar-refractivity contribution in [1.29, 1.82) is 0 Å². The Bertz CT molecular complexity index is 1480. The minimum atomic E-state index is -5.03. The number of nitrogen functional groups attached to an aromatic ring is 1. The minimum absolute atomic E-state index is 0.0175. The first-order chi connectivity index (χ1) is 19.3. The summed E-state index contributed by atoms with van der Waals surface area (Å²) in [4.78, 5) is 59.2. The van der Waals surface area contributed by atoms with Crippen molar-refractivity contribution in [3.8, 4) is 0 Å². The molecule has 0 spiro atoms. The van der Waals surface area contributed by atoms with E-state index in [1.165, 1.54) is 11.6 Å². The standard InChI is InChI=1S/C20H26N10O9S2/c21-5-1-2-13(31)23-6-10-7-24-29(27-10)8-12-15(17(33)30(12)41(36,37)38)26-16(32)14(11-9-40-19(22)25-11)28-39-20(3-4-20)18(34)35/h7,9,12,15H,1-6,8,21H2,(H2,22,25)(H,23,31)(H,26,32)(H,34,35)(H,36,37,38)/t12-,15+/m1/s1. The smallest absolute Gasteiger partial charge is 0.362 e. The highest BCUT2D eigenvalue weighted by atomic mass is 32.2. The summed E-state index contributed by atoms with van der Waals surface area (Å²) in [5.41, 5.74) is 9.15. The van der Waals surface area contributed by atoms with Crippen molar-refractivity contribution in [3.05, 3.63) is 23.0 Å². The Kier molecular flexibility index (Phi) is 8.51. The number of anilines is 1. The summed E-state index contributed by atoms with van der Waals surface area (Å²) in [6.45, 7) is -0.0110. The fraction of sp³-hybridized carbons (Fsp3) is 0.500. The van der Waals surface area contributed by atoms with Gasteiger partial charge in [0.15, 0.2) is 10.8 Å². The monoisotopic (exact) mass is 614 g/mol. The molecule has 21 heteroatoms. The van der Waals surface area contributed by atoms with Gasteiger partial charge in [-0.2, -0.15) is 23.4 Å². The van der Waals surface area contributed by atoms with Gasteiger partial charge < -0.3 is 32.0 Å². The molecule has 41 heavy (non-hydrogen) atoms. The topological polar surface area (TPSA) is 287 Å². The predicted molar refractivity (Wildman–Crippen MR) is 138 cm³/mol. The number of thiazole rings is 1. The van der Waals surface area contributed by atoms with Crippen LogP contribution in [0.4, 0.5) is 5.13 Å². The molecule has 2 atom stereocenters. The first-order valence-corrected chi connectivity index (χ1v) is 14.3. The van der Waals surface area contributed by atoms with Crippen LogP contribution in [-0.2, 0) is 47.4 Å². The average molecular weight is 615 g/mol. The lowest BCUT2D eigenvalue weighted by Gasteiger charge is -2.43. The lowest BCUT2D eigenvalue weighted by molar-refractivity contribution is -0.153. The summed E-state index contributed by atoms with van der Waals surface area (Å²) in [6.07, 6.45) is 2.34. The summed E-state index contributed by atoms with van der Waals surface area (Å²) in [5, 5.41) is 27.5. The van der Waals surface area contributed by atoms with Gasteiger partial charge in [-0.15, -0.1) is 11.3 Å². The number of nitrogens with one attached hydrogen (secondary N) is 2. The second-order valence-electron chi connectivity index (χ2n) is 9.09. The van der Waals surface area contributed by atoms with Gasteiger partial charge in [-0.1, -0.05) is 5.16 Å². The van der Waals surface area contributed by atoms with E-state index in [4.69, 9.17) is 16.3 Å². The highest BCUT2D eigenvalue weighted by molar-refractivity contribution is 7.84. The van der Waals surface area contributed by atoms with Crippen molar-refractivity contribution < 1.29 is 42.1 Å². The van der Waals surface area contributed by atoms with Gasteiger partial charge in [0.05, 0.1) is 19.3 Å². The third-order valence-corrected chi connectivity index (χ3v) is 7.72. The molecule has 4 rings (SSSR count). The lowest BCUT2D eigenvalue weighted by Crippen LogP contribution is -2.73. The first-order valence-electron chi connectivity index (χ1n) is 12.0. The number of β-lactam (4-membered cyclic amide) rings is 1. The number of hydrogen-bond acceptors (Lipinski definition) is 14. The molecule has 1 aliphatic carbocycles. The van der Waals surface area contributed by atoms with Gasteiger partial charge in [-0.3, -0.25) is 18.9 Å². The maximum atomic E-state index is 13.2. The zero-order chi connectivity index (χ0) is 29.9. The van der Waals surface area contributed by atoms with Crippen LogP contribution < -0.4 is 22.1 Å². The maximum absolute atomic E-state index is 13.2. The first kappa shape index (κ1) is 29.8. The normalized spacial score (nSPS) is 19.8. The van der Waals surface area contributed by atoms with Crippen LogP contribution in [0.5, 0.6) is 0 Å². The number of amides is 3. The molecule has 2 aromatic heterocycles. The zero-order valence-electron chi connectivity index (χ0n) is 21.2. The van der Waals surface area contributed by atoms with Crippen LogP contribution in [0.25, 0.3) is 0 Å². The fourth-order valence-electron chi connectivity index (χ4n) is 3.75. The van der Waals surface area contributed by atoms with E-state index in [-0.39, 0.29) is 53.4 Å². The van der Waals surface area contributed by atoms with Crippen LogP contribution in [-0.4, -0.2) is 96.0 Å². The van der Waals surface area contributed by atoms with E-state index >= 15 is 0 Å². The molecule has 19 nitrogen and oxygen atoms in total. The summed E-state index contributed by atoms with van der Waals surface area (Å²) in [7, 11) is -5.03. The number of carboxylic acids is 1. The van der Waals surface area contributed by atoms with E-state index in [0.29, 0.717) is 18.7 Å². The molecule has 2 aromatic rings. The highest BCUT2D eigenvalue weighted by Crippen LogP contribution is 2.40. The number of nitrogens with zero attached hydrogens (tertiary/aromatic N) is 6. The zero-order valence-corrected chi connectivity index (χ0v) is 22.8. The molecule has 0 bridgehead atoms. The molecular formula is C20H26N10O9S2. The Morgan fingerprint density at radius 1 is 1.32 bits per heavy atom. The van der Waals surface area contributed by atoms with E-state index in [0.717, 1.165) is 16.1 Å². The van der Waals surface area contributed by atoms with Crippen LogP contribution in [0.3, 0.4) is 0 Å². The van der Waals surface area contributed by atoms with Gasteiger partial charge in [0, 0.05) is 24.6 Å². The third-order valence-electron chi connectivity index (χ3n) is 6.10. The van der Waals surface area contributed by atoms with Crippen molar-refractivity contribution >= 4 is 56.2 Å². The molecule has 2 aliphatic rings. The number of oxime groups is 1. The SMILES string of the molecule is NCCCC(=O)NCc1cnn(C[C@@H]2[C@H](NC(=O)C(=NOC3(C(=O)O)CC3)c3csc(N)n3)C(=O)N2S(=O)(=O)O)n1. The Hall–Kier alpha value is -4.21. The molecular weight excluding hydrogens is 588 g/mol. The van der Waals surface area contributed by atoms with Crippen molar-refractivity contribution in [1.82, 2.24) is 34.9 Å². The van der Waals surface area contributed by atoms with Crippen molar-refractivity contribution in [3.63, 3.8) is 0 Å². The van der Waals surface area contributed by atoms with Crippen molar-refractivity contribution in [2.45, 2.75) is 56.5 Å². The third kappa shape index (κ3) is 6.75. The van der Waals surface area contributed by atoms with Crippen molar-refractivity contribution in [2.75, 3.05) is 12.3 Å². The second-order valence-corrected chi connectivity index (χ2v) is 11.3. The molecule has 3 amide bonds. The van der Waals surface area contributed by atoms with Gasteiger partial charge in [-0.25, -0.2) is 14.1 Å². The van der Waals surface area contributed by atoms with E-state index in [1.807, 2.05) is 0 Å². The average Bonchev–Trinajstić information content (AvgIpc) is 3.37. The van der Waals surface area contributed by atoms with Gasteiger partial charge in [-0.05, 0) is 13.0 Å². The highest BCUT2D eigenvalue weighted by Gasteiger charge is 2.56. The summed E-state index contributed by atoms with van der Waals surface area (Å²) in [6, 6.07) is -2.86. The van der Waals surface area contributed by atoms with Crippen LogP contribution in [0, 0.1) is 0 Å².